The normalized spacial score (nSPS) is 22.5. The van der Waals surface area contributed by atoms with Crippen molar-refractivity contribution >= 4 is 11.6 Å². The maximum absolute atomic E-state index is 11.8. The predicted molar refractivity (Wildman–Crippen MR) is 113 cm³/mol. The van der Waals surface area contributed by atoms with Crippen LogP contribution in [-0.4, -0.2) is 49.6 Å². The first-order valence-corrected chi connectivity index (χ1v) is 10.8. The van der Waals surface area contributed by atoms with Crippen LogP contribution in [0.3, 0.4) is 0 Å². The lowest BCUT2D eigenvalue weighted by Gasteiger charge is -2.37. The fourth-order valence-corrected chi connectivity index (χ4v) is 4.43. The Morgan fingerprint density at radius 2 is 1.86 bits per heavy atom. The van der Waals surface area contributed by atoms with E-state index in [0.717, 1.165) is 62.7 Å². The summed E-state index contributed by atoms with van der Waals surface area (Å²) in [6, 6.07) is 12.4. The smallest absolute Gasteiger partial charge is 0.221 e. The summed E-state index contributed by atoms with van der Waals surface area (Å²) in [6.07, 6.45) is 6.35. The van der Waals surface area contributed by atoms with Gasteiger partial charge in [0.05, 0.1) is 17.7 Å². The lowest BCUT2D eigenvalue weighted by atomic mass is 9.84. The van der Waals surface area contributed by atoms with E-state index < -0.39 is 0 Å². The maximum atomic E-state index is 11.8. The van der Waals surface area contributed by atoms with Gasteiger partial charge in [-0.05, 0) is 62.8 Å². The maximum Gasteiger partial charge on any atom is 0.221 e. The third kappa shape index (κ3) is 6.48. The topological polar surface area (TPSA) is 83.2 Å². The highest BCUT2D eigenvalue weighted by Crippen LogP contribution is 2.27. The van der Waals surface area contributed by atoms with Crippen LogP contribution in [0.2, 0.25) is 0 Å². The van der Waals surface area contributed by atoms with Crippen molar-refractivity contribution in [2.45, 2.75) is 51.0 Å². The van der Waals surface area contributed by atoms with Gasteiger partial charge in [-0.2, -0.15) is 10.5 Å². The van der Waals surface area contributed by atoms with E-state index in [0.29, 0.717) is 18.9 Å². The first kappa shape index (κ1) is 21.1. The van der Waals surface area contributed by atoms with Crippen LogP contribution in [0.1, 0.15) is 50.5 Å². The van der Waals surface area contributed by atoms with Gasteiger partial charge in [0.15, 0.2) is 0 Å². The molecule has 2 aliphatic rings. The van der Waals surface area contributed by atoms with Crippen molar-refractivity contribution in [2.75, 3.05) is 37.6 Å². The van der Waals surface area contributed by atoms with Crippen molar-refractivity contribution in [1.29, 1.82) is 10.5 Å². The lowest BCUT2D eigenvalue weighted by molar-refractivity contribution is -0.122. The third-order valence-corrected chi connectivity index (χ3v) is 6.24. The van der Waals surface area contributed by atoms with Gasteiger partial charge >= 0.3 is 0 Å². The van der Waals surface area contributed by atoms with Crippen molar-refractivity contribution in [3.63, 3.8) is 0 Å². The van der Waals surface area contributed by atoms with E-state index >= 15 is 0 Å². The van der Waals surface area contributed by atoms with Crippen molar-refractivity contribution in [1.82, 2.24) is 10.2 Å². The van der Waals surface area contributed by atoms with Crippen molar-refractivity contribution in [2.24, 2.45) is 5.92 Å². The average Bonchev–Trinajstić information content (AvgIpc) is 2.77. The summed E-state index contributed by atoms with van der Waals surface area (Å²) in [5.41, 5.74) is 1.88. The third-order valence-electron chi connectivity index (χ3n) is 6.24. The molecule has 2 fully saturated rings. The number of nitriles is 2. The van der Waals surface area contributed by atoms with Crippen LogP contribution >= 0.6 is 0 Å². The number of hydrogen-bond acceptors (Lipinski definition) is 5. The zero-order chi connectivity index (χ0) is 20.5. The highest BCUT2D eigenvalue weighted by Gasteiger charge is 2.24. The highest BCUT2D eigenvalue weighted by atomic mass is 16.1. The van der Waals surface area contributed by atoms with E-state index in [1.54, 1.807) is 0 Å². The van der Waals surface area contributed by atoms with Gasteiger partial charge < -0.3 is 10.2 Å². The molecule has 1 aromatic carbocycles. The Bertz CT molecular complexity index is 749. The predicted octanol–water partition coefficient (Wildman–Crippen LogP) is 3.05. The molecule has 0 atom stereocenters. The van der Waals surface area contributed by atoms with Gasteiger partial charge in [-0.15, -0.1) is 0 Å². The Kier molecular flexibility index (Phi) is 7.90. The standard InChI is InChI=1S/C23H31N5O/c24-11-2-5-23(29)26-21-8-6-19(7-9-21)10-12-27-13-15-28(16-14-27)22-4-1-3-20(17-22)18-25/h1,3-4,17,19,21H,2,5-10,12-16H2,(H,26,29)/t19-,21-. The largest absolute Gasteiger partial charge is 0.369 e. The van der Waals surface area contributed by atoms with E-state index in [2.05, 4.69) is 27.3 Å². The zero-order valence-corrected chi connectivity index (χ0v) is 17.1. The molecule has 1 amide bonds. The molecule has 1 heterocycles. The first-order chi connectivity index (χ1) is 14.2. The van der Waals surface area contributed by atoms with E-state index in [1.807, 2.05) is 24.3 Å². The van der Waals surface area contributed by atoms with Gasteiger partial charge in [0, 0.05) is 50.7 Å². The van der Waals surface area contributed by atoms with Crippen molar-refractivity contribution < 1.29 is 4.79 Å². The molecule has 6 heteroatoms. The van der Waals surface area contributed by atoms with E-state index in [1.165, 1.54) is 19.3 Å². The first-order valence-electron chi connectivity index (χ1n) is 10.8. The van der Waals surface area contributed by atoms with Crippen LogP contribution in [0.15, 0.2) is 24.3 Å². The number of hydrogen-bond donors (Lipinski definition) is 1. The summed E-state index contributed by atoms with van der Waals surface area (Å²) in [6.45, 7) is 5.31. The summed E-state index contributed by atoms with van der Waals surface area (Å²) in [5, 5.41) is 20.7. The molecule has 29 heavy (non-hydrogen) atoms. The number of nitrogens with one attached hydrogen (secondary N) is 1. The quantitative estimate of drug-likeness (QED) is 0.770. The number of benzene rings is 1. The Balaban J connectivity index is 1.33. The average molecular weight is 394 g/mol. The molecule has 0 spiro atoms. The molecule has 1 aliphatic carbocycles. The minimum absolute atomic E-state index is 0.0215. The van der Waals surface area contributed by atoms with Gasteiger partial charge in [0.2, 0.25) is 5.91 Å². The monoisotopic (exact) mass is 393 g/mol. The molecule has 1 saturated carbocycles. The minimum atomic E-state index is 0.0215. The fourth-order valence-electron chi connectivity index (χ4n) is 4.43. The van der Waals surface area contributed by atoms with Gasteiger partial charge in [-0.1, -0.05) is 6.07 Å². The number of rotatable bonds is 7. The molecule has 0 radical (unpaired) electrons. The second-order valence-corrected chi connectivity index (χ2v) is 8.22. The van der Waals surface area contributed by atoms with Crippen LogP contribution < -0.4 is 10.2 Å². The molecule has 3 rings (SSSR count). The van der Waals surface area contributed by atoms with Crippen molar-refractivity contribution in [3.8, 4) is 12.1 Å². The van der Waals surface area contributed by atoms with Crippen LogP contribution in [0, 0.1) is 28.6 Å². The van der Waals surface area contributed by atoms with Gasteiger partial charge in [-0.25, -0.2) is 0 Å². The molecule has 1 aromatic rings. The second-order valence-electron chi connectivity index (χ2n) is 8.22. The van der Waals surface area contributed by atoms with Crippen molar-refractivity contribution in [3.05, 3.63) is 29.8 Å². The van der Waals surface area contributed by atoms with Crippen LogP contribution in [-0.2, 0) is 4.79 Å². The summed E-state index contributed by atoms with van der Waals surface area (Å²) in [5.74, 6) is 0.778. The van der Waals surface area contributed by atoms with E-state index in [9.17, 15) is 4.79 Å². The Labute approximate surface area is 174 Å². The SMILES string of the molecule is N#CCCC(=O)N[C@H]1CC[C@H](CCN2CCN(c3cccc(C#N)c3)CC2)CC1. The summed E-state index contributed by atoms with van der Waals surface area (Å²) >= 11 is 0. The Morgan fingerprint density at radius 3 is 2.55 bits per heavy atom. The molecule has 0 bridgehead atoms. The minimum Gasteiger partial charge on any atom is -0.369 e. The number of nitrogens with zero attached hydrogens (tertiary/aromatic N) is 4. The Hall–Kier alpha value is -2.57. The molecular formula is C23H31N5O. The number of anilines is 1. The number of piperazine rings is 1. The molecule has 1 N–H and O–H groups in total. The number of amides is 1. The summed E-state index contributed by atoms with van der Waals surface area (Å²) in [7, 11) is 0. The van der Waals surface area contributed by atoms with E-state index in [-0.39, 0.29) is 5.91 Å². The fraction of sp³-hybridized carbons (Fsp3) is 0.609. The molecule has 0 unspecified atom stereocenters. The lowest BCUT2D eigenvalue weighted by Crippen LogP contribution is -2.47. The molecule has 154 valence electrons. The zero-order valence-electron chi connectivity index (χ0n) is 17.1. The molecule has 1 saturated heterocycles. The molecule has 0 aromatic heterocycles. The van der Waals surface area contributed by atoms with Crippen LogP contribution in [0.4, 0.5) is 5.69 Å². The molecule has 1 aliphatic heterocycles. The van der Waals surface area contributed by atoms with Gasteiger partial charge in [-0.3, -0.25) is 9.69 Å². The summed E-state index contributed by atoms with van der Waals surface area (Å²) in [4.78, 5) is 16.7. The number of carbonyl (C=O) groups is 1. The molecule has 6 nitrogen and oxygen atoms in total. The van der Waals surface area contributed by atoms with Crippen LogP contribution in [0.5, 0.6) is 0 Å². The summed E-state index contributed by atoms with van der Waals surface area (Å²) < 4.78 is 0. The van der Waals surface area contributed by atoms with E-state index in [4.69, 9.17) is 10.5 Å². The second kappa shape index (κ2) is 10.8. The number of carbonyl (C=O) groups excluding carboxylic acids is 1. The van der Waals surface area contributed by atoms with Crippen LogP contribution in [0.25, 0.3) is 0 Å². The highest BCUT2D eigenvalue weighted by molar-refractivity contribution is 5.76. The Morgan fingerprint density at radius 1 is 1.10 bits per heavy atom. The van der Waals surface area contributed by atoms with Gasteiger partial charge in [0.25, 0.3) is 0 Å². The molecular weight excluding hydrogens is 362 g/mol. The van der Waals surface area contributed by atoms with Gasteiger partial charge in [0.1, 0.15) is 0 Å².